The summed E-state index contributed by atoms with van der Waals surface area (Å²) in [4.78, 5) is 1.31. The minimum Gasteiger partial charge on any atom is -0.377 e. The van der Waals surface area contributed by atoms with Crippen LogP contribution >= 0.6 is 11.8 Å². The van der Waals surface area contributed by atoms with Gasteiger partial charge < -0.3 is 10.1 Å². The molecule has 0 fully saturated rings. The minimum absolute atomic E-state index is 0.0980. The van der Waals surface area contributed by atoms with Crippen molar-refractivity contribution in [3.05, 3.63) is 29.8 Å². The number of methoxy groups -OCH3 is 1. The molecule has 0 saturated heterocycles. The molecule has 1 N–H and O–H groups in total. The summed E-state index contributed by atoms with van der Waals surface area (Å²) in [6, 6.07) is 8.64. The van der Waals surface area contributed by atoms with E-state index in [4.69, 9.17) is 4.74 Å². The Morgan fingerprint density at radius 1 is 1.25 bits per heavy atom. The molecular weight excluding hydrogens is 218 g/mol. The zero-order valence-corrected chi connectivity index (χ0v) is 11.4. The molecule has 2 nitrogen and oxygen atoms in total. The van der Waals surface area contributed by atoms with Crippen LogP contribution in [-0.4, -0.2) is 25.5 Å². The number of ether oxygens (including phenoxy) is 1. The molecule has 0 aliphatic rings. The Balaban J connectivity index is 2.37. The summed E-state index contributed by atoms with van der Waals surface area (Å²) in [6.45, 7) is 5.91. The highest BCUT2D eigenvalue weighted by atomic mass is 32.2. The third-order valence-corrected chi connectivity index (χ3v) is 3.34. The van der Waals surface area contributed by atoms with Crippen LogP contribution < -0.4 is 5.32 Å². The van der Waals surface area contributed by atoms with Crippen LogP contribution in [0.4, 0.5) is 0 Å². The maximum absolute atomic E-state index is 5.35. The highest BCUT2D eigenvalue weighted by molar-refractivity contribution is 7.98. The number of thioether (sulfide) groups is 1. The fourth-order valence-electron chi connectivity index (χ4n) is 1.32. The van der Waals surface area contributed by atoms with E-state index in [-0.39, 0.29) is 5.60 Å². The van der Waals surface area contributed by atoms with Crippen molar-refractivity contribution in [3.8, 4) is 0 Å². The van der Waals surface area contributed by atoms with Crippen molar-refractivity contribution in [1.29, 1.82) is 0 Å². The number of hydrogen-bond donors (Lipinski definition) is 1. The predicted molar refractivity (Wildman–Crippen MR) is 71.0 cm³/mol. The van der Waals surface area contributed by atoms with Crippen molar-refractivity contribution in [2.45, 2.75) is 30.9 Å². The molecule has 0 spiro atoms. The van der Waals surface area contributed by atoms with E-state index < -0.39 is 0 Å². The number of benzene rings is 1. The zero-order valence-electron chi connectivity index (χ0n) is 10.5. The lowest BCUT2D eigenvalue weighted by molar-refractivity contribution is 0.0230. The summed E-state index contributed by atoms with van der Waals surface area (Å²) in [6.07, 6.45) is 2.09. The van der Waals surface area contributed by atoms with Crippen LogP contribution in [-0.2, 0) is 11.3 Å². The Kier molecular flexibility index (Phi) is 5.32. The van der Waals surface area contributed by atoms with Gasteiger partial charge in [-0.2, -0.15) is 0 Å². The van der Waals surface area contributed by atoms with Gasteiger partial charge in [-0.05, 0) is 37.8 Å². The Morgan fingerprint density at radius 2 is 1.88 bits per heavy atom. The van der Waals surface area contributed by atoms with E-state index in [0.29, 0.717) is 0 Å². The Morgan fingerprint density at radius 3 is 2.38 bits per heavy atom. The summed E-state index contributed by atoms with van der Waals surface area (Å²) in [5.41, 5.74) is 1.21. The van der Waals surface area contributed by atoms with E-state index in [2.05, 4.69) is 49.7 Å². The number of nitrogens with one attached hydrogen (secondary N) is 1. The maximum Gasteiger partial charge on any atom is 0.0746 e. The van der Waals surface area contributed by atoms with Gasteiger partial charge in [0.2, 0.25) is 0 Å². The zero-order chi connectivity index (χ0) is 12.0. The first-order valence-corrected chi connectivity index (χ1v) is 6.69. The van der Waals surface area contributed by atoms with Gasteiger partial charge in [-0.1, -0.05) is 12.1 Å². The van der Waals surface area contributed by atoms with E-state index in [9.17, 15) is 0 Å². The average molecular weight is 239 g/mol. The molecule has 90 valence electrons. The first kappa shape index (κ1) is 13.6. The van der Waals surface area contributed by atoms with Crippen LogP contribution in [0.15, 0.2) is 29.2 Å². The normalized spacial score (nSPS) is 11.8. The molecule has 0 amide bonds. The van der Waals surface area contributed by atoms with Crippen molar-refractivity contribution >= 4 is 11.8 Å². The molecule has 0 aliphatic carbocycles. The fraction of sp³-hybridized carbons (Fsp3) is 0.538. The predicted octanol–water partition coefficient (Wildman–Crippen LogP) is 2.92. The van der Waals surface area contributed by atoms with Gasteiger partial charge in [0.1, 0.15) is 0 Å². The standard InChI is InChI=1S/C13H21NOS/c1-13(2,15-3)10-14-9-11-5-7-12(16-4)8-6-11/h5-8,14H,9-10H2,1-4H3. The third kappa shape index (κ3) is 4.56. The number of rotatable bonds is 6. The van der Waals surface area contributed by atoms with Gasteiger partial charge in [-0.25, -0.2) is 0 Å². The molecular formula is C13H21NOS. The highest BCUT2D eigenvalue weighted by Crippen LogP contribution is 2.14. The molecule has 16 heavy (non-hydrogen) atoms. The van der Waals surface area contributed by atoms with Gasteiger partial charge >= 0.3 is 0 Å². The quantitative estimate of drug-likeness (QED) is 0.771. The SMILES string of the molecule is COC(C)(C)CNCc1ccc(SC)cc1. The van der Waals surface area contributed by atoms with Crippen LogP contribution in [0.1, 0.15) is 19.4 Å². The van der Waals surface area contributed by atoms with Gasteiger partial charge in [0.05, 0.1) is 5.60 Å². The molecule has 0 heterocycles. The maximum atomic E-state index is 5.35. The topological polar surface area (TPSA) is 21.3 Å². The molecule has 0 unspecified atom stereocenters. The van der Waals surface area contributed by atoms with Crippen LogP contribution in [0.5, 0.6) is 0 Å². The number of hydrogen-bond acceptors (Lipinski definition) is 3. The Hall–Kier alpha value is -0.510. The smallest absolute Gasteiger partial charge is 0.0746 e. The molecule has 0 radical (unpaired) electrons. The third-order valence-electron chi connectivity index (χ3n) is 2.59. The minimum atomic E-state index is -0.0980. The van der Waals surface area contributed by atoms with Crippen molar-refractivity contribution in [2.75, 3.05) is 19.9 Å². The molecule has 1 rings (SSSR count). The van der Waals surface area contributed by atoms with Crippen molar-refractivity contribution in [2.24, 2.45) is 0 Å². The van der Waals surface area contributed by atoms with Gasteiger partial charge in [-0.15, -0.1) is 11.8 Å². The summed E-state index contributed by atoms with van der Waals surface area (Å²) in [7, 11) is 1.74. The summed E-state index contributed by atoms with van der Waals surface area (Å²) < 4.78 is 5.35. The van der Waals surface area contributed by atoms with E-state index in [1.54, 1.807) is 18.9 Å². The molecule has 0 saturated carbocycles. The monoisotopic (exact) mass is 239 g/mol. The Labute approximate surface area is 103 Å². The van der Waals surface area contributed by atoms with E-state index in [1.165, 1.54) is 10.5 Å². The van der Waals surface area contributed by atoms with Crippen LogP contribution in [0.3, 0.4) is 0 Å². The average Bonchev–Trinajstić information content (AvgIpc) is 2.30. The molecule has 0 aliphatic heterocycles. The molecule has 1 aromatic carbocycles. The molecule has 0 aromatic heterocycles. The molecule has 0 atom stereocenters. The van der Waals surface area contributed by atoms with Crippen molar-refractivity contribution in [3.63, 3.8) is 0 Å². The molecule has 1 aromatic rings. The highest BCUT2D eigenvalue weighted by Gasteiger charge is 2.14. The van der Waals surface area contributed by atoms with Gasteiger partial charge in [-0.3, -0.25) is 0 Å². The van der Waals surface area contributed by atoms with Crippen molar-refractivity contribution in [1.82, 2.24) is 5.32 Å². The van der Waals surface area contributed by atoms with Gasteiger partial charge in [0, 0.05) is 25.1 Å². The van der Waals surface area contributed by atoms with Crippen LogP contribution in [0.25, 0.3) is 0 Å². The fourth-order valence-corrected chi connectivity index (χ4v) is 1.73. The molecule has 3 heteroatoms. The van der Waals surface area contributed by atoms with Gasteiger partial charge in [0.15, 0.2) is 0 Å². The van der Waals surface area contributed by atoms with Crippen LogP contribution in [0, 0.1) is 0 Å². The lowest BCUT2D eigenvalue weighted by Crippen LogP contribution is -2.36. The van der Waals surface area contributed by atoms with Gasteiger partial charge in [0.25, 0.3) is 0 Å². The second kappa shape index (κ2) is 6.28. The van der Waals surface area contributed by atoms with E-state index in [1.807, 2.05) is 0 Å². The van der Waals surface area contributed by atoms with Crippen LogP contribution in [0.2, 0.25) is 0 Å². The summed E-state index contributed by atoms with van der Waals surface area (Å²) in [5.74, 6) is 0. The Bertz CT molecular complexity index is 308. The molecule has 0 bridgehead atoms. The second-order valence-corrected chi connectivity index (χ2v) is 5.30. The summed E-state index contributed by atoms with van der Waals surface area (Å²) in [5, 5.41) is 3.40. The lowest BCUT2D eigenvalue weighted by Gasteiger charge is -2.23. The van der Waals surface area contributed by atoms with Crippen molar-refractivity contribution < 1.29 is 4.74 Å². The lowest BCUT2D eigenvalue weighted by atomic mass is 10.1. The first-order chi connectivity index (χ1) is 7.57. The summed E-state index contributed by atoms with van der Waals surface area (Å²) >= 11 is 1.77. The van der Waals surface area contributed by atoms with E-state index in [0.717, 1.165) is 13.1 Å². The second-order valence-electron chi connectivity index (χ2n) is 4.42. The van der Waals surface area contributed by atoms with E-state index >= 15 is 0 Å². The largest absolute Gasteiger partial charge is 0.377 e. The first-order valence-electron chi connectivity index (χ1n) is 5.46.